The van der Waals surface area contributed by atoms with Crippen LogP contribution in [0, 0.1) is 5.92 Å². The lowest BCUT2D eigenvalue weighted by Gasteiger charge is -2.45. The highest BCUT2D eigenvalue weighted by molar-refractivity contribution is 6.31. The molecule has 5 aliphatic rings. The van der Waals surface area contributed by atoms with Crippen molar-refractivity contribution < 1.29 is 33.5 Å². The second-order valence-corrected chi connectivity index (χ2v) is 14.4. The maximum Gasteiger partial charge on any atom is 0.325 e. The maximum absolute atomic E-state index is 14.7. The molecule has 6 rings (SSSR count). The normalized spacial score (nSPS) is 29.2. The number of fused-ring (bicyclic) bond motifs is 2. The number of carbonyl (C=O) groups is 6. The Labute approximate surface area is 297 Å². The van der Waals surface area contributed by atoms with Gasteiger partial charge in [-0.05, 0) is 50.2 Å². The molecule has 0 radical (unpaired) electrons. The van der Waals surface area contributed by atoms with Crippen LogP contribution in [0.4, 0.5) is 0 Å². The Morgan fingerprint density at radius 2 is 1.84 bits per heavy atom. The quantitative estimate of drug-likeness (QED) is 0.308. The van der Waals surface area contributed by atoms with E-state index in [0.717, 1.165) is 6.42 Å². The number of benzene rings is 1. The zero-order chi connectivity index (χ0) is 35.7. The summed E-state index contributed by atoms with van der Waals surface area (Å²) >= 11 is 6.42. The first kappa shape index (κ1) is 35.6. The van der Waals surface area contributed by atoms with Crippen molar-refractivity contribution in [3.63, 3.8) is 0 Å². The van der Waals surface area contributed by atoms with Gasteiger partial charge in [-0.2, -0.15) is 0 Å². The lowest BCUT2D eigenvalue weighted by Crippen LogP contribution is -2.65. The number of esters is 1. The second-order valence-electron chi connectivity index (χ2n) is 14.0. The minimum Gasteiger partial charge on any atom is -0.468 e. The third-order valence-corrected chi connectivity index (χ3v) is 11.4. The Balaban J connectivity index is 1.25. The molecule has 0 bridgehead atoms. The Morgan fingerprint density at radius 1 is 1.06 bits per heavy atom. The van der Waals surface area contributed by atoms with Gasteiger partial charge < -0.3 is 29.7 Å². The van der Waals surface area contributed by atoms with Crippen LogP contribution in [0.15, 0.2) is 48.6 Å². The molecule has 1 aromatic carbocycles. The van der Waals surface area contributed by atoms with E-state index in [4.69, 9.17) is 16.3 Å². The molecule has 50 heavy (non-hydrogen) atoms. The molecule has 268 valence electrons. The smallest absolute Gasteiger partial charge is 0.325 e. The van der Waals surface area contributed by atoms with Crippen molar-refractivity contribution in [3.8, 4) is 0 Å². The Hall–Kier alpha value is -4.19. The SMILES string of the molecule is CCC[C@@H]1C=C[C@H]2CCN(C(=O)[C@@H]3CC[C@H]4C=C[C@]5(CCCN5C(=O)[C@H](Cc5ccccc5Cl)NC(C)=O)C(=O)N43)[C@@H]2C(=O)N1CC(=O)OC. The van der Waals surface area contributed by atoms with E-state index in [1.54, 1.807) is 32.9 Å². The summed E-state index contributed by atoms with van der Waals surface area (Å²) in [5, 5.41) is 3.25. The number of nitrogens with one attached hydrogen (secondary N) is 1. The summed E-state index contributed by atoms with van der Waals surface area (Å²) in [5.41, 5.74) is -0.601. The number of hydrogen-bond acceptors (Lipinski definition) is 7. The number of amides is 5. The van der Waals surface area contributed by atoms with Crippen LogP contribution in [0.3, 0.4) is 0 Å². The Kier molecular flexibility index (Phi) is 10.4. The van der Waals surface area contributed by atoms with E-state index >= 15 is 0 Å². The first-order valence-electron chi connectivity index (χ1n) is 17.7. The van der Waals surface area contributed by atoms with Gasteiger partial charge in [-0.1, -0.05) is 67.4 Å². The van der Waals surface area contributed by atoms with E-state index < -0.39 is 29.6 Å². The van der Waals surface area contributed by atoms with Crippen molar-refractivity contribution in [2.75, 3.05) is 26.7 Å². The first-order chi connectivity index (χ1) is 24.0. The zero-order valence-electron chi connectivity index (χ0n) is 28.9. The van der Waals surface area contributed by atoms with Gasteiger partial charge in [0.25, 0.3) is 5.91 Å². The molecular formula is C37H46ClN5O7. The summed E-state index contributed by atoms with van der Waals surface area (Å²) in [6.07, 6.45) is 11.9. The van der Waals surface area contributed by atoms with Crippen LogP contribution in [0.5, 0.6) is 0 Å². The highest BCUT2D eigenvalue weighted by Crippen LogP contribution is 2.42. The third kappa shape index (κ3) is 6.42. The molecule has 7 atom stereocenters. The number of halogens is 1. The molecule has 5 aliphatic heterocycles. The molecular weight excluding hydrogens is 662 g/mol. The standard InChI is InChI=1S/C37H46ClN5O7/c1-4-8-26-12-11-24-16-20-40(32(24)35(48)41(26)22-31(45)50-3)34(47)30-14-13-27-15-18-37(36(49)43(27)30)17-7-19-42(37)33(46)29(39-23(2)44)21-25-9-5-6-10-28(25)38/h5-6,9-12,15,18,24,26-27,29-30,32H,4,7-8,13-14,16-17,19-22H2,1-3H3,(H,39,44)/t24-,26+,27-,29-,30-,32-,37+/m0/s1. The summed E-state index contributed by atoms with van der Waals surface area (Å²) in [4.78, 5) is 88.6. The largest absolute Gasteiger partial charge is 0.468 e. The minimum atomic E-state index is -1.30. The summed E-state index contributed by atoms with van der Waals surface area (Å²) in [5.74, 6) is -2.40. The minimum absolute atomic E-state index is 0.155. The summed E-state index contributed by atoms with van der Waals surface area (Å²) in [6, 6.07) is 3.98. The fourth-order valence-electron chi connectivity index (χ4n) is 8.62. The fraction of sp³-hybridized carbons (Fsp3) is 0.568. The van der Waals surface area contributed by atoms with E-state index in [-0.39, 0.29) is 60.5 Å². The topological polar surface area (TPSA) is 137 Å². The van der Waals surface area contributed by atoms with Crippen LogP contribution in [0.25, 0.3) is 0 Å². The summed E-state index contributed by atoms with van der Waals surface area (Å²) < 4.78 is 4.90. The highest BCUT2D eigenvalue weighted by atomic mass is 35.5. The fourth-order valence-corrected chi connectivity index (χ4v) is 8.83. The zero-order valence-corrected chi connectivity index (χ0v) is 29.6. The third-order valence-electron chi connectivity index (χ3n) is 11.0. The average molecular weight is 708 g/mol. The Bertz CT molecular complexity index is 1610. The molecule has 0 aliphatic carbocycles. The van der Waals surface area contributed by atoms with Crippen molar-refractivity contribution in [1.29, 1.82) is 0 Å². The predicted molar refractivity (Wildman–Crippen MR) is 184 cm³/mol. The highest BCUT2D eigenvalue weighted by Gasteiger charge is 2.58. The lowest BCUT2D eigenvalue weighted by molar-refractivity contribution is -0.158. The first-order valence-corrected chi connectivity index (χ1v) is 18.1. The van der Waals surface area contributed by atoms with Crippen LogP contribution in [-0.4, -0.2) is 118 Å². The monoisotopic (exact) mass is 707 g/mol. The second kappa shape index (κ2) is 14.6. The van der Waals surface area contributed by atoms with Crippen molar-refractivity contribution >= 4 is 47.1 Å². The number of carbonyl (C=O) groups excluding carboxylic acids is 6. The van der Waals surface area contributed by atoms with Gasteiger partial charge in [-0.3, -0.25) is 28.8 Å². The van der Waals surface area contributed by atoms with Crippen LogP contribution in [0.1, 0.15) is 64.4 Å². The van der Waals surface area contributed by atoms with Gasteiger partial charge >= 0.3 is 5.97 Å². The maximum atomic E-state index is 14.7. The number of methoxy groups -OCH3 is 1. The van der Waals surface area contributed by atoms with Crippen molar-refractivity contribution in [3.05, 3.63) is 59.2 Å². The van der Waals surface area contributed by atoms with Gasteiger partial charge in [0.2, 0.25) is 23.6 Å². The summed E-state index contributed by atoms with van der Waals surface area (Å²) in [7, 11) is 1.29. The van der Waals surface area contributed by atoms with Crippen molar-refractivity contribution in [2.24, 2.45) is 5.92 Å². The molecule has 1 aromatic rings. The number of nitrogens with zero attached hydrogens (tertiary/aromatic N) is 4. The van der Waals surface area contributed by atoms with E-state index in [1.165, 1.54) is 18.9 Å². The predicted octanol–water partition coefficient (Wildman–Crippen LogP) is 2.64. The molecule has 3 saturated heterocycles. The van der Waals surface area contributed by atoms with Gasteiger partial charge in [-0.25, -0.2) is 0 Å². The molecule has 0 unspecified atom stereocenters. The van der Waals surface area contributed by atoms with Crippen LogP contribution in [0.2, 0.25) is 5.02 Å². The number of rotatable bonds is 9. The molecule has 0 saturated carbocycles. The number of ether oxygens (including phenoxy) is 1. The van der Waals surface area contributed by atoms with Crippen LogP contribution in [-0.2, 0) is 39.9 Å². The molecule has 5 amide bonds. The molecule has 0 aromatic heterocycles. The van der Waals surface area contributed by atoms with E-state index in [0.29, 0.717) is 62.2 Å². The van der Waals surface area contributed by atoms with E-state index in [2.05, 4.69) is 5.32 Å². The molecule has 1 spiro atoms. The van der Waals surface area contributed by atoms with E-state index in [1.807, 2.05) is 37.3 Å². The molecule has 3 fully saturated rings. The van der Waals surface area contributed by atoms with Gasteiger partial charge in [0.1, 0.15) is 30.2 Å². The van der Waals surface area contributed by atoms with Crippen LogP contribution < -0.4 is 5.32 Å². The van der Waals surface area contributed by atoms with Gasteiger partial charge in [-0.15, -0.1) is 0 Å². The molecule has 12 nitrogen and oxygen atoms in total. The molecule has 5 heterocycles. The van der Waals surface area contributed by atoms with Gasteiger partial charge in [0, 0.05) is 37.4 Å². The summed E-state index contributed by atoms with van der Waals surface area (Å²) in [6.45, 7) is 3.82. The van der Waals surface area contributed by atoms with Crippen molar-refractivity contribution in [2.45, 2.75) is 101 Å². The molecule has 1 N–H and O–H groups in total. The molecule has 13 heteroatoms. The van der Waals surface area contributed by atoms with Crippen molar-refractivity contribution in [1.82, 2.24) is 24.9 Å². The van der Waals surface area contributed by atoms with E-state index in [9.17, 15) is 28.8 Å². The lowest BCUT2D eigenvalue weighted by atomic mass is 9.88. The Morgan fingerprint density at radius 3 is 2.56 bits per heavy atom. The van der Waals surface area contributed by atoms with Gasteiger partial charge in [0.05, 0.1) is 19.2 Å². The van der Waals surface area contributed by atoms with Gasteiger partial charge in [0.15, 0.2) is 0 Å². The average Bonchev–Trinajstić information content (AvgIpc) is 3.83. The number of likely N-dealkylation sites (tertiary alicyclic amines) is 2. The number of hydrogen-bond donors (Lipinski definition) is 1. The van der Waals surface area contributed by atoms with Crippen LogP contribution >= 0.6 is 11.6 Å².